The maximum atomic E-state index is 10.8. The summed E-state index contributed by atoms with van der Waals surface area (Å²) in [6.07, 6.45) is 4.60. The predicted octanol–water partition coefficient (Wildman–Crippen LogP) is 3.39. The lowest BCUT2D eigenvalue weighted by atomic mass is 9.85. The van der Waals surface area contributed by atoms with Crippen molar-refractivity contribution in [2.75, 3.05) is 19.6 Å². The number of hydrogen-bond donors (Lipinski definition) is 2. The summed E-state index contributed by atoms with van der Waals surface area (Å²) in [7, 11) is 0. The first-order chi connectivity index (χ1) is 11.6. The molecule has 2 N–H and O–H groups in total. The highest BCUT2D eigenvalue weighted by molar-refractivity contribution is 5.25. The first-order valence-corrected chi connectivity index (χ1v) is 8.90. The van der Waals surface area contributed by atoms with E-state index in [2.05, 4.69) is 17.0 Å². The highest BCUT2D eigenvalue weighted by Crippen LogP contribution is 2.26. The minimum absolute atomic E-state index is 0.326. The van der Waals surface area contributed by atoms with Crippen molar-refractivity contribution in [2.24, 2.45) is 0 Å². The molecule has 1 aliphatic rings. The van der Waals surface area contributed by atoms with Crippen LogP contribution in [-0.4, -0.2) is 40.3 Å². The molecule has 24 heavy (non-hydrogen) atoms. The summed E-state index contributed by atoms with van der Waals surface area (Å²) in [6, 6.07) is 17.8. The molecule has 0 aromatic heterocycles. The molecule has 3 heteroatoms. The fraction of sp³-hybridized carbons (Fsp3) is 0.429. The van der Waals surface area contributed by atoms with Crippen LogP contribution in [0.25, 0.3) is 0 Å². The van der Waals surface area contributed by atoms with E-state index in [1.54, 1.807) is 12.1 Å². The summed E-state index contributed by atoms with van der Waals surface area (Å²) in [5.74, 6) is 0.326. The Morgan fingerprint density at radius 2 is 1.54 bits per heavy atom. The van der Waals surface area contributed by atoms with Gasteiger partial charge in [-0.25, -0.2) is 0 Å². The molecule has 0 radical (unpaired) electrons. The molecule has 0 atom stereocenters. The molecule has 2 aromatic carbocycles. The maximum Gasteiger partial charge on any atom is 0.115 e. The summed E-state index contributed by atoms with van der Waals surface area (Å²) >= 11 is 0. The Hall–Kier alpha value is -1.84. The average Bonchev–Trinajstić information content (AvgIpc) is 2.59. The van der Waals surface area contributed by atoms with Crippen LogP contribution in [0.2, 0.25) is 0 Å². The summed E-state index contributed by atoms with van der Waals surface area (Å²) in [5, 5.41) is 20.1. The largest absolute Gasteiger partial charge is 0.508 e. The third kappa shape index (κ3) is 4.83. The fourth-order valence-electron chi connectivity index (χ4n) is 3.51. The quantitative estimate of drug-likeness (QED) is 0.855. The van der Waals surface area contributed by atoms with Gasteiger partial charge in [-0.05, 0) is 55.5 Å². The third-order valence-electron chi connectivity index (χ3n) is 5.04. The van der Waals surface area contributed by atoms with Crippen molar-refractivity contribution in [1.82, 2.24) is 4.90 Å². The van der Waals surface area contributed by atoms with Crippen LogP contribution >= 0.6 is 0 Å². The maximum absolute atomic E-state index is 10.8. The Kier molecular flexibility index (Phi) is 5.54. The number of likely N-dealkylation sites (tertiary alicyclic amines) is 1. The number of rotatable bonds is 6. The molecule has 0 bridgehead atoms. The van der Waals surface area contributed by atoms with E-state index in [9.17, 15) is 10.2 Å². The molecule has 1 fully saturated rings. The number of aliphatic hydroxyl groups is 1. The van der Waals surface area contributed by atoms with Crippen LogP contribution in [0.4, 0.5) is 0 Å². The lowest BCUT2D eigenvalue weighted by Crippen LogP contribution is -2.45. The Balaban J connectivity index is 1.41. The van der Waals surface area contributed by atoms with Gasteiger partial charge in [0.2, 0.25) is 0 Å². The second-order valence-electron chi connectivity index (χ2n) is 7.00. The van der Waals surface area contributed by atoms with E-state index in [1.165, 1.54) is 11.1 Å². The Bertz CT molecular complexity index is 616. The normalized spacial score (nSPS) is 17.7. The van der Waals surface area contributed by atoms with E-state index in [0.29, 0.717) is 5.75 Å². The van der Waals surface area contributed by atoms with E-state index in [4.69, 9.17) is 0 Å². The molecule has 0 aliphatic carbocycles. The van der Waals surface area contributed by atoms with Crippen molar-refractivity contribution in [3.63, 3.8) is 0 Å². The number of phenolic OH excluding ortho intramolecular Hbond substituents is 1. The number of piperidine rings is 1. The molecule has 0 spiro atoms. The molecule has 3 rings (SSSR count). The van der Waals surface area contributed by atoms with Gasteiger partial charge < -0.3 is 15.1 Å². The van der Waals surface area contributed by atoms with Gasteiger partial charge in [-0.3, -0.25) is 0 Å². The number of aryl methyl sites for hydroxylation is 1. The SMILES string of the molecule is Oc1ccc(CCCN2CCC(O)(Cc3ccccc3)CC2)cc1. The minimum Gasteiger partial charge on any atom is -0.508 e. The smallest absolute Gasteiger partial charge is 0.115 e. The average molecular weight is 325 g/mol. The van der Waals surface area contributed by atoms with Gasteiger partial charge in [0.1, 0.15) is 5.75 Å². The zero-order valence-corrected chi connectivity index (χ0v) is 14.2. The second-order valence-corrected chi connectivity index (χ2v) is 7.00. The molecular formula is C21H27NO2. The fourth-order valence-corrected chi connectivity index (χ4v) is 3.51. The van der Waals surface area contributed by atoms with Crippen LogP contribution in [-0.2, 0) is 12.8 Å². The van der Waals surface area contributed by atoms with Gasteiger partial charge in [0.05, 0.1) is 5.60 Å². The van der Waals surface area contributed by atoms with Gasteiger partial charge in [0.25, 0.3) is 0 Å². The van der Waals surface area contributed by atoms with E-state index in [0.717, 1.165) is 51.7 Å². The molecule has 1 heterocycles. The van der Waals surface area contributed by atoms with Crippen LogP contribution < -0.4 is 0 Å². The number of aromatic hydroxyl groups is 1. The molecule has 0 unspecified atom stereocenters. The van der Waals surface area contributed by atoms with Gasteiger partial charge in [0.15, 0.2) is 0 Å². The van der Waals surface area contributed by atoms with Gasteiger partial charge in [-0.1, -0.05) is 42.5 Å². The lowest BCUT2D eigenvalue weighted by molar-refractivity contribution is -0.0207. The van der Waals surface area contributed by atoms with E-state index in [1.807, 2.05) is 30.3 Å². The molecule has 0 saturated carbocycles. The van der Waals surface area contributed by atoms with Crippen LogP contribution in [0.3, 0.4) is 0 Å². The number of hydrogen-bond acceptors (Lipinski definition) is 3. The van der Waals surface area contributed by atoms with Gasteiger partial charge in [-0.2, -0.15) is 0 Å². The topological polar surface area (TPSA) is 43.7 Å². The van der Waals surface area contributed by atoms with Gasteiger partial charge in [-0.15, -0.1) is 0 Å². The van der Waals surface area contributed by atoms with Crippen LogP contribution in [0, 0.1) is 0 Å². The highest BCUT2D eigenvalue weighted by atomic mass is 16.3. The zero-order chi connectivity index (χ0) is 16.8. The molecule has 2 aromatic rings. The highest BCUT2D eigenvalue weighted by Gasteiger charge is 2.32. The van der Waals surface area contributed by atoms with Crippen molar-refractivity contribution in [3.8, 4) is 5.75 Å². The predicted molar refractivity (Wildman–Crippen MR) is 97.2 cm³/mol. The van der Waals surface area contributed by atoms with Crippen molar-refractivity contribution in [2.45, 2.75) is 37.7 Å². The summed E-state index contributed by atoms with van der Waals surface area (Å²) < 4.78 is 0. The van der Waals surface area contributed by atoms with E-state index in [-0.39, 0.29) is 0 Å². The monoisotopic (exact) mass is 325 g/mol. The number of benzene rings is 2. The number of phenols is 1. The first kappa shape index (κ1) is 17.0. The third-order valence-corrected chi connectivity index (χ3v) is 5.04. The first-order valence-electron chi connectivity index (χ1n) is 8.90. The van der Waals surface area contributed by atoms with E-state index < -0.39 is 5.60 Å². The Morgan fingerprint density at radius 1 is 0.875 bits per heavy atom. The van der Waals surface area contributed by atoms with Gasteiger partial charge in [0, 0.05) is 19.5 Å². The standard InChI is InChI=1S/C21H27NO2/c23-20-10-8-18(9-11-20)7-4-14-22-15-12-21(24,13-16-22)17-19-5-2-1-3-6-19/h1-3,5-6,8-11,23-24H,4,7,12-17H2. The Morgan fingerprint density at radius 3 is 2.21 bits per heavy atom. The summed E-state index contributed by atoms with van der Waals surface area (Å²) in [5.41, 5.74) is 1.95. The second kappa shape index (κ2) is 7.82. The Labute approximate surface area is 144 Å². The number of nitrogens with zero attached hydrogens (tertiary/aromatic N) is 1. The summed E-state index contributed by atoms with van der Waals surface area (Å²) in [4.78, 5) is 2.46. The summed E-state index contributed by atoms with van der Waals surface area (Å²) in [6.45, 7) is 3.01. The van der Waals surface area contributed by atoms with Gasteiger partial charge >= 0.3 is 0 Å². The van der Waals surface area contributed by atoms with Crippen LogP contribution in [0.1, 0.15) is 30.4 Å². The minimum atomic E-state index is -0.547. The molecular weight excluding hydrogens is 298 g/mol. The molecule has 1 aliphatic heterocycles. The lowest BCUT2D eigenvalue weighted by Gasteiger charge is -2.38. The van der Waals surface area contributed by atoms with E-state index >= 15 is 0 Å². The molecule has 3 nitrogen and oxygen atoms in total. The zero-order valence-electron chi connectivity index (χ0n) is 14.2. The molecule has 128 valence electrons. The van der Waals surface area contributed by atoms with Crippen molar-refractivity contribution < 1.29 is 10.2 Å². The molecule has 0 amide bonds. The molecule has 1 saturated heterocycles. The van der Waals surface area contributed by atoms with Crippen molar-refractivity contribution in [1.29, 1.82) is 0 Å². The van der Waals surface area contributed by atoms with Crippen molar-refractivity contribution in [3.05, 3.63) is 65.7 Å². The van der Waals surface area contributed by atoms with Crippen LogP contribution in [0.15, 0.2) is 54.6 Å². The van der Waals surface area contributed by atoms with Crippen LogP contribution in [0.5, 0.6) is 5.75 Å². The van der Waals surface area contributed by atoms with Crippen molar-refractivity contribution >= 4 is 0 Å².